The molecule has 6 heteroatoms. The van der Waals surface area contributed by atoms with Crippen molar-refractivity contribution in [3.8, 4) is 0 Å². The molecule has 0 amide bonds. The van der Waals surface area contributed by atoms with E-state index in [9.17, 15) is 9.90 Å². The van der Waals surface area contributed by atoms with Crippen LogP contribution in [-0.4, -0.2) is 46.1 Å². The Balaban J connectivity index is 3.07. The lowest BCUT2D eigenvalue weighted by Gasteiger charge is -2.27. The van der Waals surface area contributed by atoms with Gasteiger partial charge in [-0.1, -0.05) is 13.8 Å². The lowest BCUT2D eigenvalue weighted by atomic mass is 10.1. The van der Waals surface area contributed by atoms with E-state index in [-0.39, 0.29) is 17.7 Å². The predicted molar refractivity (Wildman–Crippen MR) is 83.9 cm³/mol. The highest BCUT2D eigenvalue weighted by Gasteiger charge is 2.20. The molecule has 0 aliphatic carbocycles. The highest BCUT2D eigenvalue weighted by Crippen LogP contribution is 2.22. The Morgan fingerprint density at radius 3 is 2.60 bits per heavy atom. The number of anilines is 1. The van der Waals surface area contributed by atoms with E-state index < -0.39 is 5.97 Å². The highest BCUT2D eigenvalue weighted by molar-refractivity contribution is 7.98. The minimum absolute atomic E-state index is 0.0854. The van der Waals surface area contributed by atoms with Crippen molar-refractivity contribution in [2.75, 3.05) is 24.0 Å². The van der Waals surface area contributed by atoms with Crippen LogP contribution in [0.1, 0.15) is 49.4 Å². The molecule has 1 aromatic rings. The molecule has 0 spiro atoms. The molecule has 1 heterocycles. The summed E-state index contributed by atoms with van der Waals surface area (Å²) >= 11 is 1.79. The summed E-state index contributed by atoms with van der Waals surface area (Å²) in [5.74, 6) is 0.713. The van der Waals surface area contributed by atoms with E-state index in [0.29, 0.717) is 11.5 Å². The third kappa shape index (κ3) is 4.10. The molecule has 0 radical (unpaired) electrons. The molecule has 1 rings (SSSR count). The molecule has 112 valence electrons. The molecule has 0 bridgehead atoms. The Morgan fingerprint density at radius 1 is 1.45 bits per heavy atom. The van der Waals surface area contributed by atoms with Gasteiger partial charge in [0.05, 0.1) is 11.9 Å². The first-order chi connectivity index (χ1) is 9.38. The van der Waals surface area contributed by atoms with Gasteiger partial charge in [0.1, 0.15) is 5.82 Å². The molecule has 0 saturated heterocycles. The maximum absolute atomic E-state index is 11.4. The second kappa shape index (κ2) is 7.47. The summed E-state index contributed by atoms with van der Waals surface area (Å²) in [6, 6.07) is 0.244. The quantitative estimate of drug-likeness (QED) is 0.834. The number of hydrogen-bond acceptors (Lipinski definition) is 5. The van der Waals surface area contributed by atoms with Crippen LogP contribution in [0.4, 0.5) is 5.69 Å². The van der Waals surface area contributed by atoms with E-state index in [1.807, 2.05) is 25.8 Å². The van der Waals surface area contributed by atoms with Crippen LogP contribution in [0.25, 0.3) is 0 Å². The minimum Gasteiger partial charge on any atom is -0.476 e. The Bertz CT molecular complexity index is 466. The van der Waals surface area contributed by atoms with E-state index in [0.717, 1.165) is 12.2 Å². The normalized spacial score (nSPS) is 12.5. The first-order valence-corrected chi connectivity index (χ1v) is 8.09. The summed E-state index contributed by atoms with van der Waals surface area (Å²) in [6.45, 7) is 5.98. The van der Waals surface area contributed by atoms with Gasteiger partial charge in [0.25, 0.3) is 0 Å². The average Bonchev–Trinajstić information content (AvgIpc) is 2.42. The van der Waals surface area contributed by atoms with Gasteiger partial charge in [-0.2, -0.15) is 11.8 Å². The SMILES string of the molecule is CSCCC(C)N(C)c1cnc(C(C)C)nc1C(=O)O. The molecular weight excluding hydrogens is 274 g/mol. The van der Waals surface area contributed by atoms with Crippen molar-refractivity contribution in [2.24, 2.45) is 0 Å². The van der Waals surface area contributed by atoms with Crippen molar-refractivity contribution in [3.05, 3.63) is 17.7 Å². The number of nitrogens with zero attached hydrogens (tertiary/aromatic N) is 3. The Labute approximate surface area is 124 Å². The Kier molecular flexibility index (Phi) is 6.26. The number of carboxylic acids is 1. The highest BCUT2D eigenvalue weighted by atomic mass is 32.2. The molecule has 5 nitrogen and oxygen atoms in total. The lowest BCUT2D eigenvalue weighted by molar-refractivity contribution is 0.0690. The third-order valence-electron chi connectivity index (χ3n) is 3.29. The van der Waals surface area contributed by atoms with Gasteiger partial charge >= 0.3 is 5.97 Å². The first-order valence-electron chi connectivity index (χ1n) is 6.70. The average molecular weight is 297 g/mol. The van der Waals surface area contributed by atoms with Gasteiger partial charge < -0.3 is 10.0 Å². The summed E-state index contributed by atoms with van der Waals surface area (Å²) in [4.78, 5) is 21.8. The largest absolute Gasteiger partial charge is 0.476 e. The number of aromatic nitrogens is 2. The molecule has 0 fully saturated rings. The topological polar surface area (TPSA) is 66.3 Å². The van der Waals surface area contributed by atoms with Crippen molar-refractivity contribution in [2.45, 2.75) is 39.2 Å². The van der Waals surface area contributed by atoms with E-state index >= 15 is 0 Å². The van der Waals surface area contributed by atoms with Crippen molar-refractivity contribution < 1.29 is 9.90 Å². The zero-order chi connectivity index (χ0) is 15.3. The van der Waals surface area contributed by atoms with Crippen LogP contribution in [-0.2, 0) is 0 Å². The first kappa shape index (κ1) is 16.8. The van der Waals surface area contributed by atoms with Crippen LogP contribution >= 0.6 is 11.8 Å². The summed E-state index contributed by atoms with van der Waals surface area (Å²) in [6.07, 6.45) is 4.68. The predicted octanol–water partition coefficient (Wildman–Crippen LogP) is 2.88. The van der Waals surface area contributed by atoms with E-state index in [1.165, 1.54) is 0 Å². The summed E-state index contributed by atoms with van der Waals surface area (Å²) in [7, 11) is 1.89. The second-order valence-electron chi connectivity index (χ2n) is 5.16. The number of rotatable bonds is 7. The van der Waals surface area contributed by atoms with Gasteiger partial charge in [0.2, 0.25) is 0 Å². The van der Waals surface area contributed by atoms with Gasteiger partial charge in [-0.05, 0) is 25.4 Å². The van der Waals surface area contributed by atoms with Gasteiger partial charge in [0.15, 0.2) is 5.69 Å². The minimum atomic E-state index is -1.01. The number of hydrogen-bond donors (Lipinski definition) is 1. The van der Waals surface area contributed by atoms with E-state index in [1.54, 1.807) is 18.0 Å². The number of aromatic carboxylic acids is 1. The van der Waals surface area contributed by atoms with Crippen molar-refractivity contribution in [3.63, 3.8) is 0 Å². The molecule has 0 saturated carbocycles. The fraction of sp³-hybridized carbons (Fsp3) is 0.643. The van der Waals surface area contributed by atoms with Crippen LogP contribution < -0.4 is 4.90 Å². The monoisotopic (exact) mass is 297 g/mol. The number of carboxylic acid groups (broad SMARTS) is 1. The van der Waals surface area contributed by atoms with Crippen molar-refractivity contribution in [1.29, 1.82) is 0 Å². The molecule has 1 atom stereocenters. The zero-order valence-corrected chi connectivity index (χ0v) is 13.6. The fourth-order valence-electron chi connectivity index (χ4n) is 1.80. The van der Waals surface area contributed by atoms with Gasteiger partial charge in [-0.3, -0.25) is 0 Å². The molecule has 0 aliphatic heterocycles. The molecule has 1 N–H and O–H groups in total. The molecule has 20 heavy (non-hydrogen) atoms. The second-order valence-corrected chi connectivity index (χ2v) is 6.15. The fourth-order valence-corrected chi connectivity index (χ4v) is 2.38. The molecule has 1 aromatic heterocycles. The maximum atomic E-state index is 11.4. The molecule has 1 unspecified atom stereocenters. The third-order valence-corrected chi connectivity index (χ3v) is 3.93. The van der Waals surface area contributed by atoms with Crippen LogP contribution in [0.5, 0.6) is 0 Å². The molecule has 0 aliphatic rings. The summed E-state index contributed by atoms with van der Waals surface area (Å²) < 4.78 is 0. The molecule has 0 aromatic carbocycles. The van der Waals surface area contributed by atoms with Gasteiger partial charge in [-0.25, -0.2) is 14.8 Å². The van der Waals surface area contributed by atoms with Crippen LogP contribution in [0.3, 0.4) is 0 Å². The summed E-state index contributed by atoms with van der Waals surface area (Å²) in [5.41, 5.74) is 0.665. The Hall–Kier alpha value is -1.30. The number of carbonyl (C=O) groups is 1. The zero-order valence-electron chi connectivity index (χ0n) is 12.8. The Morgan fingerprint density at radius 2 is 2.10 bits per heavy atom. The number of thioether (sulfide) groups is 1. The van der Waals surface area contributed by atoms with Crippen LogP contribution in [0, 0.1) is 0 Å². The smallest absolute Gasteiger partial charge is 0.356 e. The van der Waals surface area contributed by atoms with E-state index in [4.69, 9.17) is 0 Å². The van der Waals surface area contributed by atoms with Crippen LogP contribution in [0.15, 0.2) is 6.20 Å². The maximum Gasteiger partial charge on any atom is 0.356 e. The van der Waals surface area contributed by atoms with Gasteiger partial charge in [-0.15, -0.1) is 0 Å². The van der Waals surface area contributed by atoms with Crippen LogP contribution in [0.2, 0.25) is 0 Å². The van der Waals surface area contributed by atoms with Crippen molar-refractivity contribution >= 4 is 23.4 Å². The van der Waals surface area contributed by atoms with E-state index in [2.05, 4.69) is 23.1 Å². The standard InChI is InChI=1S/C14H23N3O2S/c1-9(2)13-15-8-11(12(16-13)14(18)19)17(4)10(3)6-7-20-5/h8-10H,6-7H2,1-5H3,(H,18,19). The van der Waals surface area contributed by atoms with Crippen molar-refractivity contribution in [1.82, 2.24) is 9.97 Å². The van der Waals surface area contributed by atoms with Gasteiger partial charge in [0, 0.05) is 19.0 Å². The lowest BCUT2D eigenvalue weighted by Crippen LogP contribution is -2.31. The summed E-state index contributed by atoms with van der Waals surface area (Å²) in [5, 5.41) is 9.36. The molecular formula is C14H23N3O2S.